The van der Waals surface area contributed by atoms with E-state index in [9.17, 15) is 4.79 Å². The first-order valence-corrected chi connectivity index (χ1v) is 6.27. The second-order valence-corrected chi connectivity index (χ2v) is 4.31. The molecule has 2 rings (SSSR count). The molecule has 1 aromatic carbocycles. The fourth-order valence-corrected chi connectivity index (χ4v) is 2.10. The smallest absolute Gasteiger partial charge is 0.323 e. The topological polar surface area (TPSA) is 53.7 Å². The van der Waals surface area contributed by atoms with E-state index in [2.05, 4.69) is 6.92 Å². The van der Waals surface area contributed by atoms with E-state index in [1.165, 1.54) is 0 Å². The maximum Gasteiger partial charge on any atom is 0.323 e. The molecule has 1 heterocycles. The van der Waals surface area contributed by atoms with Crippen LogP contribution in [0.15, 0.2) is 47.1 Å². The summed E-state index contributed by atoms with van der Waals surface area (Å²) < 4.78 is 5.31. The van der Waals surface area contributed by atoms with Gasteiger partial charge in [-0.15, -0.1) is 0 Å². The van der Waals surface area contributed by atoms with Gasteiger partial charge in [-0.05, 0) is 30.2 Å². The third-order valence-corrected chi connectivity index (χ3v) is 2.97. The molecule has 100 valence electrons. The van der Waals surface area contributed by atoms with Crippen LogP contribution >= 0.6 is 0 Å². The second-order valence-electron chi connectivity index (χ2n) is 4.31. The van der Waals surface area contributed by atoms with Crippen LogP contribution in [0.2, 0.25) is 0 Å². The average molecular weight is 259 g/mol. The Hall–Kier alpha value is -2.23. The average Bonchev–Trinajstić information content (AvgIpc) is 2.90. The normalized spacial score (nSPS) is 10.4. The van der Waals surface area contributed by atoms with Crippen molar-refractivity contribution in [3.05, 3.63) is 54.0 Å². The summed E-state index contributed by atoms with van der Waals surface area (Å²) in [5.41, 5.74) is 2.08. The molecule has 1 N–H and O–H groups in total. The van der Waals surface area contributed by atoms with Crippen molar-refractivity contribution in [2.24, 2.45) is 0 Å². The van der Waals surface area contributed by atoms with Crippen LogP contribution in [-0.2, 0) is 17.8 Å². The minimum absolute atomic E-state index is 0.0439. The van der Waals surface area contributed by atoms with Crippen molar-refractivity contribution in [2.75, 3.05) is 11.4 Å². The molecule has 0 spiro atoms. The van der Waals surface area contributed by atoms with Crippen LogP contribution in [0, 0.1) is 0 Å². The monoisotopic (exact) mass is 259 g/mol. The Kier molecular flexibility index (Phi) is 4.23. The van der Waals surface area contributed by atoms with Gasteiger partial charge >= 0.3 is 5.97 Å². The lowest BCUT2D eigenvalue weighted by atomic mass is 10.1. The standard InChI is InChI=1S/C15H17NO3/c1-2-12-6-3-4-8-14(12)16(11-15(17)18)10-13-7-5-9-19-13/h3-9H,2,10-11H2,1H3,(H,17,18). The lowest BCUT2D eigenvalue weighted by Crippen LogP contribution is -2.29. The first-order chi connectivity index (χ1) is 9.20. The fraction of sp³-hybridized carbons (Fsp3) is 0.267. The number of para-hydroxylation sites is 1. The fourth-order valence-electron chi connectivity index (χ4n) is 2.10. The van der Waals surface area contributed by atoms with E-state index in [-0.39, 0.29) is 6.54 Å². The number of benzene rings is 1. The molecule has 4 nitrogen and oxygen atoms in total. The molecule has 1 aromatic heterocycles. The van der Waals surface area contributed by atoms with Crippen molar-refractivity contribution < 1.29 is 14.3 Å². The highest BCUT2D eigenvalue weighted by molar-refractivity contribution is 5.74. The number of carboxylic acid groups (broad SMARTS) is 1. The first-order valence-electron chi connectivity index (χ1n) is 6.27. The van der Waals surface area contributed by atoms with E-state index in [4.69, 9.17) is 9.52 Å². The molecule has 4 heteroatoms. The minimum Gasteiger partial charge on any atom is -0.480 e. The number of hydrogen-bond acceptors (Lipinski definition) is 3. The van der Waals surface area contributed by atoms with E-state index in [0.717, 1.165) is 23.4 Å². The molecule has 0 unspecified atom stereocenters. The Balaban J connectivity index is 2.28. The second kappa shape index (κ2) is 6.09. The van der Waals surface area contributed by atoms with Gasteiger partial charge in [-0.1, -0.05) is 25.1 Å². The van der Waals surface area contributed by atoms with Gasteiger partial charge in [-0.25, -0.2) is 0 Å². The van der Waals surface area contributed by atoms with Crippen molar-refractivity contribution in [2.45, 2.75) is 19.9 Å². The van der Waals surface area contributed by atoms with E-state index < -0.39 is 5.97 Å². The van der Waals surface area contributed by atoms with Gasteiger partial charge in [-0.3, -0.25) is 4.79 Å². The zero-order valence-corrected chi connectivity index (χ0v) is 10.9. The number of hydrogen-bond donors (Lipinski definition) is 1. The van der Waals surface area contributed by atoms with Gasteiger partial charge in [0.25, 0.3) is 0 Å². The third kappa shape index (κ3) is 3.37. The summed E-state index contributed by atoms with van der Waals surface area (Å²) >= 11 is 0. The Morgan fingerprint density at radius 3 is 2.68 bits per heavy atom. The first kappa shape index (κ1) is 13.2. The predicted molar refractivity (Wildman–Crippen MR) is 73.2 cm³/mol. The summed E-state index contributed by atoms with van der Waals surface area (Å²) in [6, 6.07) is 11.5. The van der Waals surface area contributed by atoms with Crippen LogP contribution in [0.3, 0.4) is 0 Å². The van der Waals surface area contributed by atoms with Gasteiger partial charge < -0.3 is 14.4 Å². The van der Waals surface area contributed by atoms with Gasteiger partial charge in [0.1, 0.15) is 12.3 Å². The van der Waals surface area contributed by atoms with Gasteiger partial charge in [0.05, 0.1) is 12.8 Å². The highest BCUT2D eigenvalue weighted by Gasteiger charge is 2.15. The zero-order chi connectivity index (χ0) is 13.7. The van der Waals surface area contributed by atoms with E-state index in [1.54, 1.807) is 12.3 Å². The van der Waals surface area contributed by atoms with Crippen LogP contribution in [0.25, 0.3) is 0 Å². The van der Waals surface area contributed by atoms with Crippen LogP contribution in [-0.4, -0.2) is 17.6 Å². The molecule has 0 amide bonds. The van der Waals surface area contributed by atoms with E-state index >= 15 is 0 Å². The summed E-state index contributed by atoms with van der Waals surface area (Å²) in [6.07, 6.45) is 2.46. The maximum absolute atomic E-state index is 11.0. The summed E-state index contributed by atoms with van der Waals surface area (Å²) in [6.45, 7) is 2.47. The van der Waals surface area contributed by atoms with Crippen molar-refractivity contribution in [1.29, 1.82) is 0 Å². The molecular weight excluding hydrogens is 242 g/mol. The van der Waals surface area contributed by atoms with E-state index in [1.807, 2.05) is 35.2 Å². The van der Waals surface area contributed by atoms with Crippen molar-refractivity contribution in [1.82, 2.24) is 0 Å². The Morgan fingerprint density at radius 2 is 2.05 bits per heavy atom. The minimum atomic E-state index is -0.850. The largest absolute Gasteiger partial charge is 0.480 e. The molecule has 0 aliphatic rings. The molecule has 0 saturated heterocycles. The lowest BCUT2D eigenvalue weighted by molar-refractivity contribution is -0.135. The molecule has 0 fully saturated rings. The predicted octanol–water partition coefficient (Wildman–Crippen LogP) is 2.93. The summed E-state index contributed by atoms with van der Waals surface area (Å²) in [5, 5.41) is 9.07. The molecule has 0 radical (unpaired) electrons. The lowest BCUT2D eigenvalue weighted by Gasteiger charge is -2.24. The zero-order valence-electron chi connectivity index (χ0n) is 10.9. The number of carbonyl (C=O) groups is 1. The highest BCUT2D eigenvalue weighted by atomic mass is 16.4. The number of nitrogens with zero attached hydrogens (tertiary/aromatic N) is 1. The van der Waals surface area contributed by atoms with Gasteiger partial charge in [0.15, 0.2) is 0 Å². The number of aryl methyl sites for hydroxylation is 1. The summed E-state index contributed by atoms with van der Waals surface area (Å²) in [7, 11) is 0. The summed E-state index contributed by atoms with van der Waals surface area (Å²) in [4.78, 5) is 12.9. The Bertz CT molecular complexity index is 534. The van der Waals surface area contributed by atoms with Crippen LogP contribution in [0.4, 0.5) is 5.69 Å². The molecule has 0 aliphatic carbocycles. The van der Waals surface area contributed by atoms with Crippen LogP contribution in [0.5, 0.6) is 0 Å². The van der Waals surface area contributed by atoms with Crippen molar-refractivity contribution in [3.8, 4) is 0 Å². The molecule has 0 saturated carbocycles. The number of carboxylic acids is 1. The highest BCUT2D eigenvalue weighted by Crippen LogP contribution is 2.22. The third-order valence-electron chi connectivity index (χ3n) is 2.97. The Labute approximate surface area is 112 Å². The number of aliphatic carboxylic acids is 1. The molecular formula is C15H17NO3. The van der Waals surface area contributed by atoms with Crippen molar-refractivity contribution >= 4 is 11.7 Å². The molecule has 0 aliphatic heterocycles. The molecule has 19 heavy (non-hydrogen) atoms. The number of anilines is 1. The number of furan rings is 1. The molecule has 2 aromatic rings. The number of rotatable bonds is 6. The Morgan fingerprint density at radius 1 is 1.26 bits per heavy atom. The van der Waals surface area contributed by atoms with Gasteiger partial charge in [0, 0.05) is 5.69 Å². The van der Waals surface area contributed by atoms with Crippen molar-refractivity contribution in [3.63, 3.8) is 0 Å². The van der Waals surface area contributed by atoms with E-state index in [0.29, 0.717) is 6.54 Å². The van der Waals surface area contributed by atoms with Crippen LogP contribution in [0.1, 0.15) is 18.2 Å². The molecule has 0 atom stereocenters. The maximum atomic E-state index is 11.0. The van der Waals surface area contributed by atoms with Crippen LogP contribution < -0.4 is 4.90 Å². The molecule has 0 bridgehead atoms. The summed E-state index contributed by atoms with van der Waals surface area (Å²) in [5.74, 6) is -0.0929. The van der Waals surface area contributed by atoms with Gasteiger partial charge in [0.2, 0.25) is 0 Å². The van der Waals surface area contributed by atoms with Gasteiger partial charge in [-0.2, -0.15) is 0 Å². The SMILES string of the molecule is CCc1ccccc1N(CC(=O)O)Cc1ccco1. The quantitative estimate of drug-likeness (QED) is 0.866.